The summed E-state index contributed by atoms with van der Waals surface area (Å²) in [5.74, 6) is 0.744. The second kappa shape index (κ2) is 7.82. The molecule has 0 saturated heterocycles. The number of rotatable bonds is 5. The lowest BCUT2D eigenvalue weighted by molar-refractivity contribution is -0.111. The number of ether oxygens (including phenoxy) is 1. The highest BCUT2D eigenvalue weighted by Crippen LogP contribution is 2.29. The van der Waals surface area contributed by atoms with Gasteiger partial charge in [0, 0.05) is 5.02 Å². The summed E-state index contributed by atoms with van der Waals surface area (Å²) in [4.78, 5) is 11.7. The molecule has 3 nitrogen and oxygen atoms in total. The average molecular weight is 354 g/mol. The van der Waals surface area contributed by atoms with Gasteiger partial charge in [0.15, 0.2) is 0 Å². The quantitative estimate of drug-likeness (QED) is 0.817. The molecule has 0 heterocycles. The molecule has 2 rings (SSSR count). The second-order valence-corrected chi connectivity index (χ2v) is 6.05. The minimum Gasteiger partial charge on any atom is -0.491 e. The van der Waals surface area contributed by atoms with Gasteiger partial charge >= 0.3 is 0 Å². The maximum atomic E-state index is 11.7. The Hall–Kier alpha value is -1.55. The maximum absolute atomic E-state index is 11.7. The molecule has 0 aliphatic carbocycles. The van der Waals surface area contributed by atoms with Crippen molar-refractivity contribution in [2.75, 3.05) is 0 Å². The Labute approximate surface area is 148 Å². The lowest BCUT2D eigenvalue weighted by atomic mass is 9.85. The van der Waals surface area contributed by atoms with Crippen LogP contribution in [0, 0.1) is 6.92 Å². The Bertz CT molecular complexity index is 671. The van der Waals surface area contributed by atoms with Crippen molar-refractivity contribution in [3.63, 3.8) is 0 Å². The number of carbonyl (C=O) groups excluding carboxylic acids is 1. The Morgan fingerprint density at radius 1 is 1.13 bits per heavy atom. The zero-order valence-corrected chi connectivity index (χ0v) is 14.9. The van der Waals surface area contributed by atoms with Gasteiger partial charge in [-0.05, 0) is 55.7 Å². The van der Waals surface area contributed by atoms with Crippen LogP contribution in [0.4, 0.5) is 0 Å². The van der Waals surface area contributed by atoms with E-state index in [2.05, 4.69) is 0 Å². The van der Waals surface area contributed by atoms with Crippen LogP contribution in [0.1, 0.15) is 30.5 Å². The van der Waals surface area contributed by atoms with Crippen LogP contribution >= 0.6 is 24.0 Å². The number of hydrogen-bond donors (Lipinski definition) is 1. The van der Waals surface area contributed by atoms with Gasteiger partial charge < -0.3 is 15.3 Å². The first-order chi connectivity index (χ1) is 10.4. The summed E-state index contributed by atoms with van der Waals surface area (Å²) in [6.07, 6.45) is 0.835. The first kappa shape index (κ1) is 19.5. The van der Waals surface area contributed by atoms with Crippen LogP contribution in [0.2, 0.25) is 5.02 Å². The molecule has 0 saturated carbocycles. The van der Waals surface area contributed by atoms with E-state index in [-0.39, 0.29) is 18.5 Å². The second-order valence-electron chi connectivity index (χ2n) is 5.64. The summed E-state index contributed by atoms with van der Waals surface area (Å²) in [6.45, 7) is 5.82. The topological polar surface area (TPSA) is 52.3 Å². The molecule has 0 spiro atoms. The molecule has 1 unspecified atom stereocenters. The van der Waals surface area contributed by atoms with Gasteiger partial charge in [0.05, 0.1) is 6.10 Å². The van der Waals surface area contributed by atoms with Crippen molar-refractivity contribution in [3.8, 4) is 5.75 Å². The molecule has 124 valence electrons. The van der Waals surface area contributed by atoms with Gasteiger partial charge in [-0.3, -0.25) is 0 Å². The number of halogens is 2. The molecule has 0 amide bonds. The van der Waals surface area contributed by atoms with Crippen LogP contribution in [-0.2, 0) is 10.3 Å². The number of benzene rings is 2. The van der Waals surface area contributed by atoms with Gasteiger partial charge in [0.2, 0.25) is 0 Å². The predicted octanol–water partition coefficient (Wildman–Crippen LogP) is 4.26. The molecule has 1 atom stereocenters. The molecule has 0 bridgehead atoms. The fourth-order valence-electron chi connectivity index (χ4n) is 2.23. The predicted molar refractivity (Wildman–Crippen MR) is 96.7 cm³/mol. The van der Waals surface area contributed by atoms with E-state index in [0.29, 0.717) is 16.1 Å². The van der Waals surface area contributed by atoms with Crippen molar-refractivity contribution in [3.05, 3.63) is 64.2 Å². The van der Waals surface area contributed by atoms with E-state index >= 15 is 0 Å². The first-order valence-electron chi connectivity index (χ1n) is 7.16. The van der Waals surface area contributed by atoms with Crippen LogP contribution < -0.4 is 10.5 Å². The number of hydrogen-bond acceptors (Lipinski definition) is 3. The normalized spacial score (nSPS) is 13.1. The van der Waals surface area contributed by atoms with Gasteiger partial charge in [-0.1, -0.05) is 35.9 Å². The summed E-state index contributed by atoms with van der Waals surface area (Å²) in [5, 5.41) is 0.592. The first-order valence-corrected chi connectivity index (χ1v) is 7.53. The fraction of sp³-hybridized carbons (Fsp3) is 0.278. The van der Waals surface area contributed by atoms with E-state index in [1.807, 2.05) is 45.0 Å². The maximum Gasteiger partial charge on any atom is 0.148 e. The standard InChI is InChI=1S/C18H20ClNO2.ClH/c1-12(2)22-16-8-6-14(7-9-16)18(20,11-21)15-5-4-13(3)17(19)10-15;/h4-12H,20H2,1-3H3;1H. The van der Waals surface area contributed by atoms with Crippen LogP contribution in [0.3, 0.4) is 0 Å². The van der Waals surface area contributed by atoms with E-state index in [9.17, 15) is 4.79 Å². The van der Waals surface area contributed by atoms with Gasteiger partial charge in [0.1, 0.15) is 17.6 Å². The zero-order valence-electron chi connectivity index (χ0n) is 13.4. The number of carbonyl (C=O) groups is 1. The fourth-order valence-corrected chi connectivity index (χ4v) is 2.41. The van der Waals surface area contributed by atoms with Crippen LogP contribution in [0.25, 0.3) is 0 Å². The minimum absolute atomic E-state index is 0. The molecule has 0 radical (unpaired) electrons. The third-order valence-electron chi connectivity index (χ3n) is 3.54. The molecule has 23 heavy (non-hydrogen) atoms. The van der Waals surface area contributed by atoms with E-state index in [4.69, 9.17) is 22.1 Å². The highest BCUT2D eigenvalue weighted by molar-refractivity contribution is 6.31. The van der Waals surface area contributed by atoms with Gasteiger partial charge in [-0.2, -0.15) is 0 Å². The Kier molecular flexibility index (Phi) is 6.63. The molecule has 2 aromatic carbocycles. The Morgan fingerprint density at radius 2 is 1.70 bits per heavy atom. The highest BCUT2D eigenvalue weighted by atomic mass is 35.5. The molecule has 2 aromatic rings. The number of nitrogens with two attached hydrogens (primary N) is 1. The molecule has 0 aliphatic rings. The van der Waals surface area contributed by atoms with Gasteiger partial charge in [-0.25, -0.2) is 0 Å². The van der Waals surface area contributed by atoms with Crippen LogP contribution in [0.15, 0.2) is 42.5 Å². The third-order valence-corrected chi connectivity index (χ3v) is 3.95. The molecular formula is C18H21Cl2NO2. The van der Waals surface area contributed by atoms with Crippen molar-refractivity contribution in [1.82, 2.24) is 0 Å². The highest BCUT2D eigenvalue weighted by Gasteiger charge is 2.29. The van der Waals surface area contributed by atoms with Crippen molar-refractivity contribution in [2.45, 2.75) is 32.4 Å². The van der Waals surface area contributed by atoms with Gasteiger partial charge in [-0.15, -0.1) is 12.4 Å². The van der Waals surface area contributed by atoms with Crippen LogP contribution in [0.5, 0.6) is 5.75 Å². The smallest absolute Gasteiger partial charge is 0.148 e. The van der Waals surface area contributed by atoms with E-state index in [1.54, 1.807) is 18.2 Å². The molecule has 0 aliphatic heterocycles. The minimum atomic E-state index is -1.23. The monoisotopic (exact) mass is 353 g/mol. The molecule has 0 aromatic heterocycles. The summed E-state index contributed by atoms with van der Waals surface area (Å²) in [5.41, 5.74) is 7.41. The summed E-state index contributed by atoms with van der Waals surface area (Å²) in [6, 6.07) is 12.7. The third kappa shape index (κ3) is 4.25. The zero-order chi connectivity index (χ0) is 16.3. The summed E-state index contributed by atoms with van der Waals surface area (Å²) < 4.78 is 5.61. The lowest BCUT2D eigenvalue weighted by Crippen LogP contribution is -2.39. The molecule has 0 fully saturated rings. The Balaban J connectivity index is 0.00000264. The number of aryl methyl sites for hydroxylation is 1. The van der Waals surface area contributed by atoms with Crippen molar-refractivity contribution in [2.24, 2.45) is 5.73 Å². The van der Waals surface area contributed by atoms with E-state index < -0.39 is 5.54 Å². The lowest BCUT2D eigenvalue weighted by Gasteiger charge is -2.25. The Morgan fingerprint density at radius 3 is 2.17 bits per heavy atom. The largest absolute Gasteiger partial charge is 0.491 e. The summed E-state index contributed by atoms with van der Waals surface area (Å²) >= 11 is 6.16. The number of aldehydes is 1. The SMILES string of the molecule is Cc1ccc(C(N)(C=O)c2ccc(OC(C)C)cc2)cc1Cl.Cl. The van der Waals surface area contributed by atoms with Crippen molar-refractivity contribution >= 4 is 30.3 Å². The van der Waals surface area contributed by atoms with E-state index in [0.717, 1.165) is 17.6 Å². The van der Waals surface area contributed by atoms with E-state index in [1.165, 1.54) is 0 Å². The summed E-state index contributed by atoms with van der Waals surface area (Å²) in [7, 11) is 0. The molecule has 2 N–H and O–H groups in total. The van der Waals surface area contributed by atoms with Crippen molar-refractivity contribution < 1.29 is 9.53 Å². The van der Waals surface area contributed by atoms with Crippen LogP contribution in [-0.4, -0.2) is 12.4 Å². The molecular weight excluding hydrogens is 333 g/mol. The van der Waals surface area contributed by atoms with Crippen molar-refractivity contribution in [1.29, 1.82) is 0 Å². The van der Waals surface area contributed by atoms with Gasteiger partial charge in [0.25, 0.3) is 0 Å². The molecule has 5 heteroatoms. The average Bonchev–Trinajstić information content (AvgIpc) is 2.49.